The van der Waals surface area contributed by atoms with Crippen molar-refractivity contribution in [3.8, 4) is 0 Å². The summed E-state index contributed by atoms with van der Waals surface area (Å²) < 4.78 is 5.39. The summed E-state index contributed by atoms with van der Waals surface area (Å²) in [6.45, 7) is 12.8. The highest BCUT2D eigenvalue weighted by molar-refractivity contribution is 6.30. The molecule has 1 heterocycles. The normalized spacial score (nSPS) is 12.6. The molecule has 0 saturated carbocycles. The number of ether oxygens (including phenoxy) is 1. The van der Waals surface area contributed by atoms with E-state index in [1.807, 2.05) is 20.8 Å². The third kappa shape index (κ3) is 4.32. The van der Waals surface area contributed by atoms with Crippen LogP contribution in [0.15, 0.2) is 0 Å². The molecule has 0 saturated heterocycles. The Morgan fingerprint density at radius 1 is 1.16 bits per heavy atom. The fraction of sp³-hybridized carbons (Fsp3) is 0.714. The average Bonchev–Trinajstić information content (AvgIpc) is 2.29. The summed E-state index contributed by atoms with van der Waals surface area (Å²) in [6, 6.07) is 0. The Bertz CT molecular complexity index is 453. The maximum Gasteiger partial charge on any atom is 0.137 e. The van der Waals surface area contributed by atoms with E-state index in [1.54, 1.807) is 7.11 Å². The van der Waals surface area contributed by atoms with Crippen LogP contribution in [0.4, 0.5) is 5.82 Å². The van der Waals surface area contributed by atoms with Gasteiger partial charge in [0.15, 0.2) is 0 Å². The molecule has 0 aliphatic carbocycles. The summed E-state index contributed by atoms with van der Waals surface area (Å²) in [4.78, 5) is 8.93. The Morgan fingerprint density at radius 2 is 1.74 bits per heavy atom. The van der Waals surface area contributed by atoms with Crippen LogP contribution in [0.2, 0.25) is 5.15 Å². The third-order valence-electron chi connectivity index (χ3n) is 2.99. The molecule has 1 aromatic heterocycles. The van der Waals surface area contributed by atoms with Crippen molar-refractivity contribution in [2.24, 2.45) is 0 Å². The molecule has 0 aromatic carbocycles. The van der Waals surface area contributed by atoms with Crippen molar-refractivity contribution in [3.05, 3.63) is 16.5 Å². The van der Waals surface area contributed by atoms with Gasteiger partial charge >= 0.3 is 0 Å². The molecule has 19 heavy (non-hydrogen) atoms. The summed E-state index contributed by atoms with van der Waals surface area (Å²) in [5.74, 6) is 1.51. The second-order valence-electron chi connectivity index (χ2n) is 6.38. The van der Waals surface area contributed by atoms with Gasteiger partial charge in [0.25, 0.3) is 0 Å². The van der Waals surface area contributed by atoms with Gasteiger partial charge in [0.2, 0.25) is 0 Å². The first kappa shape index (κ1) is 16.2. The minimum atomic E-state index is -0.258. The SMILES string of the molecule is COC(C)(C)CNc1nc(C(C)(C)C)nc(Cl)c1C. The van der Waals surface area contributed by atoms with Gasteiger partial charge in [-0.3, -0.25) is 0 Å². The van der Waals surface area contributed by atoms with E-state index >= 15 is 0 Å². The topological polar surface area (TPSA) is 47.0 Å². The van der Waals surface area contributed by atoms with E-state index in [0.29, 0.717) is 11.7 Å². The summed E-state index contributed by atoms with van der Waals surface area (Å²) in [6.07, 6.45) is 0. The molecule has 1 aromatic rings. The number of nitrogens with one attached hydrogen (secondary N) is 1. The van der Waals surface area contributed by atoms with Crippen molar-refractivity contribution in [3.63, 3.8) is 0 Å². The van der Waals surface area contributed by atoms with Crippen LogP contribution < -0.4 is 5.32 Å². The van der Waals surface area contributed by atoms with E-state index in [9.17, 15) is 0 Å². The Balaban J connectivity index is 3.04. The number of hydrogen-bond donors (Lipinski definition) is 1. The van der Waals surface area contributed by atoms with E-state index in [0.717, 1.165) is 17.2 Å². The van der Waals surface area contributed by atoms with Crippen molar-refractivity contribution in [2.45, 2.75) is 52.6 Å². The maximum atomic E-state index is 6.19. The molecule has 5 heteroatoms. The van der Waals surface area contributed by atoms with Gasteiger partial charge in [0, 0.05) is 24.6 Å². The van der Waals surface area contributed by atoms with Crippen molar-refractivity contribution in [1.29, 1.82) is 0 Å². The molecule has 0 aliphatic rings. The highest BCUT2D eigenvalue weighted by Crippen LogP contribution is 2.26. The van der Waals surface area contributed by atoms with E-state index in [2.05, 4.69) is 36.1 Å². The summed E-state index contributed by atoms with van der Waals surface area (Å²) in [5, 5.41) is 3.79. The summed E-state index contributed by atoms with van der Waals surface area (Å²) >= 11 is 6.19. The lowest BCUT2D eigenvalue weighted by atomic mass is 9.95. The number of aromatic nitrogens is 2. The second kappa shape index (κ2) is 5.63. The zero-order chi connectivity index (χ0) is 14.8. The van der Waals surface area contributed by atoms with Gasteiger partial charge in [-0.15, -0.1) is 0 Å². The molecule has 1 rings (SSSR count). The lowest BCUT2D eigenvalue weighted by Gasteiger charge is -2.25. The molecule has 0 unspecified atom stereocenters. The summed E-state index contributed by atoms with van der Waals surface area (Å²) in [7, 11) is 1.70. The van der Waals surface area contributed by atoms with Crippen LogP contribution in [0, 0.1) is 6.92 Å². The van der Waals surface area contributed by atoms with Gasteiger partial charge in [0.05, 0.1) is 5.60 Å². The molecule has 0 amide bonds. The highest BCUT2D eigenvalue weighted by atomic mass is 35.5. The number of halogens is 1. The first-order valence-corrected chi connectivity index (χ1v) is 6.78. The second-order valence-corrected chi connectivity index (χ2v) is 6.74. The van der Waals surface area contributed by atoms with Crippen LogP contribution in [0.25, 0.3) is 0 Å². The Labute approximate surface area is 120 Å². The van der Waals surface area contributed by atoms with Gasteiger partial charge in [-0.1, -0.05) is 32.4 Å². The minimum Gasteiger partial charge on any atom is -0.377 e. The number of nitrogens with zero attached hydrogens (tertiary/aromatic N) is 2. The van der Waals surface area contributed by atoms with Gasteiger partial charge < -0.3 is 10.1 Å². The van der Waals surface area contributed by atoms with E-state index in [-0.39, 0.29) is 11.0 Å². The van der Waals surface area contributed by atoms with Gasteiger partial charge in [-0.25, -0.2) is 9.97 Å². The molecular weight excluding hydrogens is 262 g/mol. The predicted molar refractivity (Wildman–Crippen MR) is 80.1 cm³/mol. The molecule has 0 fully saturated rings. The lowest BCUT2D eigenvalue weighted by molar-refractivity contribution is 0.0343. The lowest BCUT2D eigenvalue weighted by Crippen LogP contribution is -2.32. The molecule has 1 N–H and O–H groups in total. The van der Waals surface area contributed by atoms with E-state index < -0.39 is 0 Å². The molecule has 0 aliphatic heterocycles. The van der Waals surface area contributed by atoms with Crippen molar-refractivity contribution >= 4 is 17.4 Å². The molecule has 0 bridgehead atoms. The molecule has 4 nitrogen and oxygen atoms in total. The number of anilines is 1. The smallest absolute Gasteiger partial charge is 0.137 e. The number of hydrogen-bond acceptors (Lipinski definition) is 4. The van der Waals surface area contributed by atoms with Crippen LogP contribution in [0.1, 0.15) is 46.0 Å². The molecule has 0 spiro atoms. The van der Waals surface area contributed by atoms with Gasteiger partial charge in [-0.2, -0.15) is 0 Å². The summed E-state index contributed by atoms with van der Waals surface area (Å²) in [5.41, 5.74) is 0.470. The standard InChI is InChI=1S/C14H24ClN3O/c1-9-10(15)17-12(13(2,3)4)18-11(9)16-8-14(5,6)19-7/h8H2,1-7H3,(H,16,17,18). The highest BCUT2D eigenvalue weighted by Gasteiger charge is 2.22. The van der Waals surface area contributed by atoms with Crippen molar-refractivity contribution < 1.29 is 4.74 Å². The average molecular weight is 286 g/mol. The third-order valence-corrected chi connectivity index (χ3v) is 3.36. The largest absolute Gasteiger partial charge is 0.377 e. The number of rotatable bonds is 4. The van der Waals surface area contributed by atoms with Gasteiger partial charge in [0.1, 0.15) is 16.8 Å². The molecule has 0 radical (unpaired) electrons. The van der Waals surface area contributed by atoms with Crippen molar-refractivity contribution in [2.75, 3.05) is 19.0 Å². The first-order valence-electron chi connectivity index (χ1n) is 6.40. The zero-order valence-electron chi connectivity index (χ0n) is 12.9. The fourth-order valence-corrected chi connectivity index (χ4v) is 1.54. The van der Waals surface area contributed by atoms with Gasteiger partial charge in [-0.05, 0) is 20.8 Å². The zero-order valence-corrected chi connectivity index (χ0v) is 13.6. The number of methoxy groups -OCH3 is 1. The molecular formula is C14H24ClN3O. The fourth-order valence-electron chi connectivity index (χ4n) is 1.37. The van der Waals surface area contributed by atoms with E-state index in [1.165, 1.54) is 0 Å². The van der Waals surface area contributed by atoms with Crippen LogP contribution in [-0.2, 0) is 10.2 Å². The maximum absolute atomic E-state index is 6.19. The minimum absolute atomic E-state index is 0.134. The van der Waals surface area contributed by atoms with Crippen LogP contribution >= 0.6 is 11.6 Å². The Morgan fingerprint density at radius 3 is 2.21 bits per heavy atom. The quantitative estimate of drug-likeness (QED) is 0.859. The monoisotopic (exact) mass is 285 g/mol. The van der Waals surface area contributed by atoms with Crippen LogP contribution in [0.5, 0.6) is 0 Å². The molecule has 0 atom stereocenters. The van der Waals surface area contributed by atoms with Crippen LogP contribution in [-0.4, -0.2) is 29.2 Å². The Hall–Kier alpha value is -0.870. The van der Waals surface area contributed by atoms with Crippen molar-refractivity contribution in [1.82, 2.24) is 9.97 Å². The van der Waals surface area contributed by atoms with E-state index in [4.69, 9.17) is 16.3 Å². The molecule has 108 valence electrons. The van der Waals surface area contributed by atoms with Crippen LogP contribution in [0.3, 0.4) is 0 Å². The predicted octanol–water partition coefficient (Wildman–Crippen LogP) is 3.57. The Kier molecular flexibility index (Phi) is 4.80. The first-order chi connectivity index (χ1) is 8.57.